The quantitative estimate of drug-likeness (QED) is 0.767. The van der Waals surface area contributed by atoms with Gasteiger partial charge in [-0.15, -0.1) is 0 Å². The normalized spacial score (nSPS) is 31.4. The summed E-state index contributed by atoms with van der Waals surface area (Å²) in [7, 11) is 0. The molecule has 3 heteroatoms. The summed E-state index contributed by atoms with van der Waals surface area (Å²) in [5.74, 6) is 0.942. The molecule has 1 heterocycles. The largest absolute Gasteiger partial charge is 0.378 e. The molecule has 0 radical (unpaired) electrons. The highest BCUT2D eigenvalue weighted by Gasteiger charge is 2.28. The average Bonchev–Trinajstić information content (AvgIpc) is 2.28. The number of piperidine rings is 1. The second-order valence-electron chi connectivity index (χ2n) is 5.72. The van der Waals surface area contributed by atoms with Crippen molar-refractivity contribution in [3.8, 4) is 0 Å². The fraction of sp³-hybridized carbons (Fsp3) is 1.00. The highest BCUT2D eigenvalue weighted by molar-refractivity contribution is 4.86. The van der Waals surface area contributed by atoms with Crippen LogP contribution in [0.2, 0.25) is 0 Å². The maximum Gasteiger partial charge on any atom is 0.0604 e. The SMILES string of the molecule is CCOC1CC(NCCN2CCC(C)CC2)C1. The predicted octanol–water partition coefficient (Wildman–Crippen LogP) is 1.88. The maximum absolute atomic E-state index is 5.57. The first-order chi connectivity index (χ1) is 8.28. The van der Waals surface area contributed by atoms with Crippen LogP contribution in [-0.2, 0) is 4.74 Å². The summed E-state index contributed by atoms with van der Waals surface area (Å²) in [5.41, 5.74) is 0. The van der Waals surface area contributed by atoms with Crippen molar-refractivity contribution in [2.24, 2.45) is 5.92 Å². The van der Waals surface area contributed by atoms with E-state index in [0.717, 1.165) is 25.1 Å². The number of nitrogens with one attached hydrogen (secondary N) is 1. The van der Waals surface area contributed by atoms with Crippen LogP contribution in [-0.4, -0.2) is 49.8 Å². The molecular formula is C14H28N2O. The molecule has 0 amide bonds. The van der Waals surface area contributed by atoms with Crippen molar-refractivity contribution in [1.29, 1.82) is 0 Å². The van der Waals surface area contributed by atoms with Gasteiger partial charge in [0.1, 0.15) is 0 Å². The van der Waals surface area contributed by atoms with Crippen LogP contribution in [0.25, 0.3) is 0 Å². The Morgan fingerprint density at radius 1 is 1.24 bits per heavy atom. The minimum Gasteiger partial charge on any atom is -0.378 e. The van der Waals surface area contributed by atoms with E-state index in [9.17, 15) is 0 Å². The van der Waals surface area contributed by atoms with Crippen molar-refractivity contribution >= 4 is 0 Å². The molecular weight excluding hydrogens is 212 g/mol. The lowest BCUT2D eigenvalue weighted by Gasteiger charge is -2.36. The molecule has 1 saturated heterocycles. The molecule has 0 aromatic carbocycles. The first-order valence-electron chi connectivity index (χ1n) is 7.35. The number of likely N-dealkylation sites (tertiary alicyclic amines) is 1. The molecule has 0 bridgehead atoms. The van der Waals surface area contributed by atoms with Gasteiger partial charge in [-0.3, -0.25) is 0 Å². The van der Waals surface area contributed by atoms with E-state index >= 15 is 0 Å². The molecule has 1 N–H and O–H groups in total. The molecule has 17 heavy (non-hydrogen) atoms. The van der Waals surface area contributed by atoms with E-state index in [4.69, 9.17) is 4.74 Å². The third kappa shape index (κ3) is 4.23. The number of rotatable bonds is 6. The van der Waals surface area contributed by atoms with Gasteiger partial charge in [-0.05, 0) is 51.6 Å². The van der Waals surface area contributed by atoms with Crippen molar-refractivity contribution < 1.29 is 4.74 Å². The Hall–Kier alpha value is -0.120. The van der Waals surface area contributed by atoms with Crippen molar-refractivity contribution in [3.63, 3.8) is 0 Å². The number of hydrogen-bond donors (Lipinski definition) is 1. The van der Waals surface area contributed by atoms with Crippen LogP contribution >= 0.6 is 0 Å². The summed E-state index contributed by atoms with van der Waals surface area (Å²) in [6.07, 6.45) is 5.73. The fourth-order valence-corrected chi connectivity index (χ4v) is 2.82. The molecule has 2 fully saturated rings. The van der Waals surface area contributed by atoms with Gasteiger partial charge in [0.2, 0.25) is 0 Å². The summed E-state index contributed by atoms with van der Waals surface area (Å²) >= 11 is 0. The van der Waals surface area contributed by atoms with Crippen LogP contribution in [0.4, 0.5) is 0 Å². The number of ether oxygens (including phenoxy) is 1. The lowest BCUT2D eigenvalue weighted by Crippen LogP contribution is -2.48. The minimum atomic E-state index is 0.535. The molecule has 2 rings (SSSR count). The molecule has 1 saturated carbocycles. The summed E-state index contributed by atoms with van der Waals surface area (Å²) in [5, 5.41) is 3.64. The van der Waals surface area contributed by atoms with Gasteiger partial charge in [0.15, 0.2) is 0 Å². The van der Waals surface area contributed by atoms with Crippen LogP contribution in [0.3, 0.4) is 0 Å². The third-order valence-corrected chi connectivity index (χ3v) is 4.23. The van der Waals surface area contributed by atoms with E-state index in [0.29, 0.717) is 6.10 Å². The first kappa shape index (κ1) is 13.3. The molecule has 0 unspecified atom stereocenters. The second kappa shape index (κ2) is 6.72. The zero-order chi connectivity index (χ0) is 12.1. The van der Waals surface area contributed by atoms with Gasteiger partial charge in [-0.2, -0.15) is 0 Å². The van der Waals surface area contributed by atoms with Gasteiger partial charge in [0.05, 0.1) is 6.10 Å². The summed E-state index contributed by atoms with van der Waals surface area (Å²) < 4.78 is 5.57. The zero-order valence-corrected chi connectivity index (χ0v) is 11.5. The molecule has 0 spiro atoms. The number of nitrogens with zero attached hydrogens (tertiary/aromatic N) is 1. The fourth-order valence-electron chi connectivity index (χ4n) is 2.82. The standard InChI is InChI=1S/C14H28N2O/c1-3-17-14-10-13(11-14)15-6-9-16-7-4-12(2)5-8-16/h12-15H,3-11H2,1-2H3. The molecule has 2 aliphatic rings. The van der Waals surface area contributed by atoms with Crippen LogP contribution < -0.4 is 5.32 Å². The summed E-state index contributed by atoms with van der Waals surface area (Å²) in [6.45, 7) is 10.3. The van der Waals surface area contributed by atoms with Gasteiger partial charge >= 0.3 is 0 Å². The van der Waals surface area contributed by atoms with Crippen molar-refractivity contribution in [2.75, 3.05) is 32.8 Å². The van der Waals surface area contributed by atoms with Crippen molar-refractivity contribution in [1.82, 2.24) is 10.2 Å². The van der Waals surface area contributed by atoms with E-state index in [2.05, 4.69) is 24.1 Å². The Balaban J connectivity index is 1.47. The summed E-state index contributed by atoms with van der Waals surface area (Å²) in [4.78, 5) is 2.60. The van der Waals surface area contributed by atoms with E-state index < -0.39 is 0 Å². The highest BCUT2D eigenvalue weighted by atomic mass is 16.5. The molecule has 3 nitrogen and oxygen atoms in total. The first-order valence-corrected chi connectivity index (χ1v) is 7.35. The zero-order valence-electron chi connectivity index (χ0n) is 11.5. The van der Waals surface area contributed by atoms with E-state index in [1.54, 1.807) is 0 Å². The predicted molar refractivity (Wildman–Crippen MR) is 71.3 cm³/mol. The van der Waals surface area contributed by atoms with E-state index in [1.807, 2.05) is 0 Å². The van der Waals surface area contributed by atoms with Gasteiger partial charge in [0, 0.05) is 25.7 Å². The summed E-state index contributed by atoms with van der Waals surface area (Å²) in [6, 6.07) is 0.718. The highest BCUT2D eigenvalue weighted by Crippen LogP contribution is 2.23. The lowest BCUT2D eigenvalue weighted by molar-refractivity contribution is -0.0103. The van der Waals surface area contributed by atoms with Crippen molar-refractivity contribution in [2.45, 2.75) is 51.7 Å². The number of hydrogen-bond acceptors (Lipinski definition) is 3. The van der Waals surface area contributed by atoms with Crippen LogP contribution in [0.5, 0.6) is 0 Å². The monoisotopic (exact) mass is 240 g/mol. The van der Waals surface area contributed by atoms with Gasteiger partial charge < -0.3 is 15.0 Å². The van der Waals surface area contributed by atoms with Gasteiger partial charge in [0.25, 0.3) is 0 Å². The van der Waals surface area contributed by atoms with Crippen LogP contribution in [0.15, 0.2) is 0 Å². The smallest absolute Gasteiger partial charge is 0.0604 e. The molecule has 0 aromatic rings. The Labute approximate surface area is 106 Å². The molecule has 0 atom stereocenters. The van der Waals surface area contributed by atoms with Gasteiger partial charge in [-0.25, -0.2) is 0 Å². The molecule has 1 aliphatic heterocycles. The van der Waals surface area contributed by atoms with Crippen molar-refractivity contribution in [3.05, 3.63) is 0 Å². The Morgan fingerprint density at radius 2 is 1.94 bits per heavy atom. The van der Waals surface area contributed by atoms with E-state index in [-0.39, 0.29) is 0 Å². The Morgan fingerprint density at radius 3 is 2.59 bits per heavy atom. The Bertz CT molecular complexity index is 208. The minimum absolute atomic E-state index is 0.535. The lowest BCUT2D eigenvalue weighted by atomic mass is 9.89. The third-order valence-electron chi connectivity index (χ3n) is 4.23. The molecule has 0 aromatic heterocycles. The maximum atomic E-state index is 5.57. The Kier molecular flexibility index (Phi) is 5.26. The van der Waals surface area contributed by atoms with Crippen LogP contribution in [0.1, 0.15) is 39.5 Å². The van der Waals surface area contributed by atoms with E-state index in [1.165, 1.54) is 45.3 Å². The topological polar surface area (TPSA) is 24.5 Å². The van der Waals surface area contributed by atoms with Crippen LogP contribution in [0, 0.1) is 5.92 Å². The second-order valence-corrected chi connectivity index (χ2v) is 5.72. The van der Waals surface area contributed by atoms with Gasteiger partial charge in [-0.1, -0.05) is 6.92 Å². The molecule has 100 valence electrons. The average molecular weight is 240 g/mol. The molecule has 1 aliphatic carbocycles.